The van der Waals surface area contributed by atoms with Crippen LogP contribution < -0.4 is 16.2 Å². The maximum absolute atomic E-state index is 11.9. The zero-order valence-corrected chi connectivity index (χ0v) is 9.60. The molecular weight excluding hydrogens is 216 g/mol. The van der Waals surface area contributed by atoms with E-state index in [9.17, 15) is 4.79 Å². The molecule has 0 spiro atoms. The average Bonchev–Trinajstić information content (AvgIpc) is 3.13. The molecule has 0 atom stereocenters. The summed E-state index contributed by atoms with van der Waals surface area (Å²) in [7, 11) is 1.96. The number of nitrogens with two attached hydrogens (primary N) is 1. The Morgan fingerprint density at radius 2 is 2.24 bits per heavy atom. The molecule has 0 amide bonds. The van der Waals surface area contributed by atoms with Gasteiger partial charge in [0.25, 0.3) is 5.56 Å². The molecule has 1 aliphatic carbocycles. The molecule has 0 aliphatic heterocycles. The minimum Gasteiger partial charge on any atom is -0.399 e. The molecule has 2 aromatic rings. The monoisotopic (exact) mass is 230 g/mol. The number of aromatic nitrogens is 2. The van der Waals surface area contributed by atoms with Gasteiger partial charge in [-0.05, 0) is 31.0 Å². The highest BCUT2D eigenvalue weighted by Gasteiger charge is 2.27. The van der Waals surface area contributed by atoms with Crippen molar-refractivity contribution in [2.24, 2.45) is 0 Å². The molecule has 3 N–H and O–H groups in total. The number of hydrogen-bond donors (Lipinski definition) is 2. The van der Waals surface area contributed by atoms with Gasteiger partial charge in [-0.25, -0.2) is 4.98 Å². The van der Waals surface area contributed by atoms with E-state index in [0.717, 1.165) is 0 Å². The van der Waals surface area contributed by atoms with Crippen molar-refractivity contribution < 1.29 is 0 Å². The molecule has 1 fully saturated rings. The summed E-state index contributed by atoms with van der Waals surface area (Å²) in [6, 6.07) is 5.71. The van der Waals surface area contributed by atoms with Crippen LogP contribution in [0.1, 0.15) is 12.8 Å². The van der Waals surface area contributed by atoms with Crippen LogP contribution in [0.4, 0.5) is 11.6 Å². The molecule has 1 saturated carbocycles. The lowest BCUT2D eigenvalue weighted by Gasteiger charge is -2.16. The highest BCUT2D eigenvalue weighted by Crippen LogP contribution is 2.28. The first kappa shape index (κ1) is 10.1. The molecule has 1 aliphatic rings. The number of anilines is 2. The van der Waals surface area contributed by atoms with Crippen LogP contribution in [0.5, 0.6) is 0 Å². The van der Waals surface area contributed by atoms with Gasteiger partial charge >= 0.3 is 0 Å². The standard InChI is InChI=1S/C12H14N4O/c1-16(8-3-4-8)12-14-10-5-2-7(13)6-9(10)11(17)15-12/h2,5-6,8H,3-4,13H2,1H3,(H,14,15,17). The second-order valence-corrected chi connectivity index (χ2v) is 4.51. The smallest absolute Gasteiger partial charge is 0.260 e. The van der Waals surface area contributed by atoms with Crippen molar-refractivity contribution in [1.82, 2.24) is 9.97 Å². The lowest BCUT2D eigenvalue weighted by atomic mass is 10.2. The summed E-state index contributed by atoms with van der Waals surface area (Å²) in [4.78, 5) is 21.2. The first-order valence-corrected chi connectivity index (χ1v) is 5.67. The Bertz CT molecular complexity index is 630. The van der Waals surface area contributed by atoms with Gasteiger partial charge in [-0.1, -0.05) is 0 Å². The minimum atomic E-state index is -0.134. The Kier molecular flexibility index (Phi) is 2.07. The zero-order valence-electron chi connectivity index (χ0n) is 9.60. The maximum atomic E-state index is 11.9. The van der Waals surface area contributed by atoms with E-state index in [1.807, 2.05) is 11.9 Å². The van der Waals surface area contributed by atoms with Gasteiger partial charge in [0.15, 0.2) is 0 Å². The highest BCUT2D eigenvalue weighted by molar-refractivity contribution is 5.81. The minimum absolute atomic E-state index is 0.134. The number of aromatic amines is 1. The summed E-state index contributed by atoms with van der Waals surface area (Å²) in [6.45, 7) is 0. The predicted molar refractivity (Wildman–Crippen MR) is 68.2 cm³/mol. The number of fused-ring (bicyclic) bond motifs is 1. The van der Waals surface area contributed by atoms with Gasteiger partial charge in [0.1, 0.15) is 0 Å². The van der Waals surface area contributed by atoms with E-state index < -0.39 is 0 Å². The summed E-state index contributed by atoms with van der Waals surface area (Å²) in [5, 5.41) is 0.540. The van der Waals surface area contributed by atoms with Crippen molar-refractivity contribution in [3.8, 4) is 0 Å². The van der Waals surface area contributed by atoms with E-state index in [0.29, 0.717) is 28.6 Å². The summed E-state index contributed by atoms with van der Waals surface area (Å²) >= 11 is 0. The van der Waals surface area contributed by atoms with Crippen molar-refractivity contribution in [3.05, 3.63) is 28.6 Å². The Hall–Kier alpha value is -2.04. The molecule has 5 heteroatoms. The SMILES string of the molecule is CN(c1nc2ccc(N)cc2c(=O)[nH]1)C1CC1. The van der Waals surface area contributed by atoms with E-state index in [-0.39, 0.29) is 5.56 Å². The lowest BCUT2D eigenvalue weighted by Crippen LogP contribution is -2.25. The fraction of sp³-hybridized carbons (Fsp3) is 0.333. The van der Waals surface area contributed by atoms with Crippen LogP contribution >= 0.6 is 0 Å². The van der Waals surface area contributed by atoms with Gasteiger partial charge in [0, 0.05) is 18.8 Å². The number of nitrogens with one attached hydrogen (secondary N) is 1. The number of rotatable bonds is 2. The predicted octanol–water partition coefficient (Wildman–Crippen LogP) is 1.10. The summed E-state index contributed by atoms with van der Waals surface area (Å²) < 4.78 is 0. The Morgan fingerprint density at radius 3 is 2.94 bits per heavy atom. The van der Waals surface area contributed by atoms with Crippen molar-refractivity contribution in [1.29, 1.82) is 0 Å². The third kappa shape index (κ3) is 1.73. The molecule has 0 saturated heterocycles. The first-order chi connectivity index (χ1) is 8.15. The van der Waals surface area contributed by atoms with Crippen LogP contribution in [0.3, 0.4) is 0 Å². The van der Waals surface area contributed by atoms with Gasteiger partial charge in [-0.2, -0.15) is 0 Å². The molecule has 5 nitrogen and oxygen atoms in total. The number of H-pyrrole nitrogens is 1. The Morgan fingerprint density at radius 1 is 1.47 bits per heavy atom. The summed E-state index contributed by atoms with van der Waals surface area (Å²) in [5.41, 5.74) is 6.79. The van der Waals surface area contributed by atoms with Crippen molar-refractivity contribution in [2.75, 3.05) is 17.7 Å². The zero-order chi connectivity index (χ0) is 12.0. The van der Waals surface area contributed by atoms with Gasteiger partial charge in [0.2, 0.25) is 5.95 Å². The average molecular weight is 230 g/mol. The fourth-order valence-corrected chi connectivity index (χ4v) is 1.95. The number of nitrogen functional groups attached to an aromatic ring is 1. The molecule has 88 valence electrons. The van der Waals surface area contributed by atoms with E-state index in [1.165, 1.54) is 12.8 Å². The van der Waals surface area contributed by atoms with Gasteiger partial charge in [-0.3, -0.25) is 9.78 Å². The van der Waals surface area contributed by atoms with Crippen LogP contribution in [0.15, 0.2) is 23.0 Å². The molecule has 1 heterocycles. The van der Waals surface area contributed by atoms with Crippen LogP contribution in [0.2, 0.25) is 0 Å². The largest absolute Gasteiger partial charge is 0.399 e. The van der Waals surface area contributed by atoms with E-state index in [1.54, 1.807) is 18.2 Å². The maximum Gasteiger partial charge on any atom is 0.260 e. The van der Waals surface area contributed by atoms with Crippen molar-refractivity contribution in [2.45, 2.75) is 18.9 Å². The highest BCUT2D eigenvalue weighted by atomic mass is 16.1. The van der Waals surface area contributed by atoms with Crippen LogP contribution in [-0.4, -0.2) is 23.1 Å². The van der Waals surface area contributed by atoms with Crippen molar-refractivity contribution in [3.63, 3.8) is 0 Å². The number of benzene rings is 1. The quantitative estimate of drug-likeness (QED) is 0.758. The molecule has 3 rings (SSSR count). The summed E-state index contributed by atoms with van der Waals surface area (Å²) in [5.74, 6) is 0.634. The Labute approximate surface area is 98.3 Å². The van der Waals surface area contributed by atoms with Gasteiger partial charge in [-0.15, -0.1) is 0 Å². The molecule has 0 radical (unpaired) electrons. The van der Waals surface area contributed by atoms with E-state index in [2.05, 4.69) is 9.97 Å². The second kappa shape index (κ2) is 3.48. The molecule has 0 unspecified atom stereocenters. The molecule has 17 heavy (non-hydrogen) atoms. The van der Waals surface area contributed by atoms with Crippen molar-refractivity contribution >= 4 is 22.5 Å². The van der Waals surface area contributed by atoms with E-state index >= 15 is 0 Å². The topological polar surface area (TPSA) is 75.0 Å². The van der Waals surface area contributed by atoms with Crippen LogP contribution in [-0.2, 0) is 0 Å². The normalized spacial score (nSPS) is 15.1. The molecular formula is C12H14N4O. The van der Waals surface area contributed by atoms with Gasteiger partial charge in [0.05, 0.1) is 10.9 Å². The third-order valence-corrected chi connectivity index (χ3v) is 3.15. The van der Waals surface area contributed by atoms with E-state index in [4.69, 9.17) is 5.73 Å². The Balaban J connectivity index is 2.16. The number of nitrogens with zero attached hydrogens (tertiary/aromatic N) is 2. The van der Waals surface area contributed by atoms with Crippen LogP contribution in [0.25, 0.3) is 10.9 Å². The number of hydrogen-bond acceptors (Lipinski definition) is 4. The first-order valence-electron chi connectivity index (χ1n) is 5.67. The lowest BCUT2D eigenvalue weighted by molar-refractivity contribution is 0.863. The fourth-order valence-electron chi connectivity index (χ4n) is 1.95. The second-order valence-electron chi connectivity index (χ2n) is 4.51. The third-order valence-electron chi connectivity index (χ3n) is 3.15. The van der Waals surface area contributed by atoms with Crippen LogP contribution in [0, 0.1) is 0 Å². The molecule has 1 aromatic heterocycles. The molecule has 1 aromatic carbocycles. The summed E-state index contributed by atoms with van der Waals surface area (Å²) in [6.07, 6.45) is 2.33. The van der Waals surface area contributed by atoms with Gasteiger partial charge < -0.3 is 10.6 Å². The molecule has 0 bridgehead atoms.